The largest absolute Gasteiger partial charge is 0.491 e. The molecule has 0 N–H and O–H groups in total. The minimum Gasteiger partial charge on any atom is -0.491 e. The minimum absolute atomic E-state index is 0.0957. The first-order valence-electron chi connectivity index (χ1n) is 13.8. The van der Waals surface area contributed by atoms with Gasteiger partial charge in [0.1, 0.15) is 0 Å². The number of methoxy groups -OCH3 is 1. The lowest BCUT2D eigenvalue weighted by molar-refractivity contribution is -0.119. The maximum absolute atomic E-state index is 14.0. The van der Waals surface area contributed by atoms with Crippen LogP contribution in [0.4, 0.5) is 0 Å². The van der Waals surface area contributed by atoms with E-state index in [1.807, 2.05) is 37.3 Å². The van der Waals surface area contributed by atoms with E-state index >= 15 is 0 Å². The summed E-state index contributed by atoms with van der Waals surface area (Å²) in [5.41, 5.74) is 5.07. The quantitative estimate of drug-likeness (QED) is 0.372. The molecule has 2 aromatic rings. The Morgan fingerprint density at radius 3 is 1.97 bits per heavy atom. The first-order chi connectivity index (χ1) is 18.4. The van der Waals surface area contributed by atoms with Crippen molar-refractivity contribution in [2.45, 2.75) is 72.8 Å². The van der Waals surface area contributed by atoms with E-state index in [2.05, 4.69) is 44.7 Å². The number of ether oxygens (including phenoxy) is 2. The van der Waals surface area contributed by atoms with Crippen LogP contribution in [-0.2, 0) is 16.1 Å². The predicted octanol–water partition coefficient (Wildman–Crippen LogP) is 7.63. The number of nitrogens with zero attached hydrogens (tertiary/aromatic N) is 1. The molecule has 0 saturated carbocycles. The van der Waals surface area contributed by atoms with Crippen molar-refractivity contribution in [1.82, 2.24) is 4.90 Å². The normalized spacial score (nSPS) is 20.6. The molecular formula is C33H38ClNO4. The number of hydrogen-bond acceptors (Lipinski definition) is 5. The zero-order chi connectivity index (χ0) is 28.1. The maximum atomic E-state index is 14.0. The number of carbonyl (C=O) groups excluding carboxylic acids is 2. The van der Waals surface area contributed by atoms with E-state index in [0.29, 0.717) is 42.5 Å². The van der Waals surface area contributed by atoms with Gasteiger partial charge in [0.15, 0.2) is 23.1 Å². The van der Waals surface area contributed by atoms with Gasteiger partial charge in [0, 0.05) is 47.8 Å². The highest BCUT2D eigenvalue weighted by Gasteiger charge is 2.49. The van der Waals surface area contributed by atoms with Gasteiger partial charge in [-0.05, 0) is 53.9 Å². The Balaban J connectivity index is 1.78. The second-order valence-corrected chi connectivity index (χ2v) is 13.0. The van der Waals surface area contributed by atoms with E-state index in [1.54, 1.807) is 7.11 Å². The molecule has 1 heterocycles. The molecule has 0 spiro atoms. The third kappa shape index (κ3) is 5.14. The third-order valence-electron chi connectivity index (χ3n) is 8.07. The summed E-state index contributed by atoms with van der Waals surface area (Å²) in [6, 6.07) is 14.0. The Morgan fingerprint density at radius 1 is 0.897 bits per heavy atom. The van der Waals surface area contributed by atoms with Crippen LogP contribution in [0.2, 0.25) is 5.02 Å². The highest BCUT2D eigenvalue weighted by atomic mass is 35.5. The summed E-state index contributed by atoms with van der Waals surface area (Å²) < 4.78 is 11.5. The van der Waals surface area contributed by atoms with Crippen LogP contribution in [0.1, 0.15) is 77.3 Å². The highest BCUT2D eigenvalue weighted by molar-refractivity contribution is 6.32. The molecule has 0 fully saturated rings. The van der Waals surface area contributed by atoms with Crippen LogP contribution in [-0.4, -0.2) is 30.2 Å². The molecule has 206 valence electrons. The van der Waals surface area contributed by atoms with Crippen LogP contribution < -0.4 is 9.47 Å². The van der Waals surface area contributed by atoms with Crippen LogP contribution in [0.5, 0.6) is 11.5 Å². The number of rotatable bonds is 6. The molecule has 39 heavy (non-hydrogen) atoms. The van der Waals surface area contributed by atoms with E-state index < -0.39 is 5.92 Å². The number of carbonyl (C=O) groups is 2. The lowest BCUT2D eigenvalue weighted by Crippen LogP contribution is -2.44. The molecule has 2 aliphatic carbocycles. The zero-order valence-corrected chi connectivity index (χ0v) is 24.6. The fourth-order valence-corrected chi connectivity index (χ4v) is 6.85. The first kappa shape index (κ1) is 27.5. The average molecular weight is 548 g/mol. The highest BCUT2D eigenvalue weighted by Crippen LogP contribution is 2.55. The van der Waals surface area contributed by atoms with Crippen molar-refractivity contribution in [1.29, 1.82) is 0 Å². The molecule has 2 aromatic carbocycles. The molecule has 3 aliphatic rings. The van der Waals surface area contributed by atoms with Gasteiger partial charge in [0.05, 0.1) is 18.7 Å². The standard InChI is InChI=1S/C33H38ClNO4/c1-7-39-27-14-21(13-22(34)31(27)38-6)28-29-23(15-32(2,3)17-25(29)36)35(19-20-11-9-8-10-12-20)24-16-33(4,5)18-26(37)30(24)28/h8-14,28H,7,15-19H2,1-6H3. The summed E-state index contributed by atoms with van der Waals surface area (Å²) in [6.45, 7) is 11.6. The lowest BCUT2D eigenvalue weighted by atomic mass is 9.63. The maximum Gasteiger partial charge on any atom is 0.179 e. The number of hydrogen-bond donors (Lipinski definition) is 0. The van der Waals surface area contributed by atoms with Gasteiger partial charge in [0.25, 0.3) is 0 Å². The zero-order valence-electron chi connectivity index (χ0n) is 23.8. The number of ketones is 2. The monoisotopic (exact) mass is 547 g/mol. The van der Waals surface area contributed by atoms with Crippen molar-refractivity contribution in [2.24, 2.45) is 10.8 Å². The summed E-state index contributed by atoms with van der Waals surface area (Å²) >= 11 is 6.72. The van der Waals surface area contributed by atoms with Crippen molar-refractivity contribution < 1.29 is 19.1 Å². The molecule has 0 aromatic heterocycles. The number of Topliss-reactive ketones (excluding diaryl/α,β-unsaturated/α-hetero) is 2. The molecule has 0 unspecified atom stereocenters. The summed E-state index contributed by atoms with van der Waals surface area (Å²) in [5.74, 6) is 0.679. The van der Waals surface area contributed by atoms with Crippen LogP contribution >= 0.6 is 11.6 Å². The van der Waals surface area contributed by atoms with Crippen molar-refractivity contribution in [3.8, 4) is 11.5 Å². The molecule has 0 saturated heterocycles. The van der Waals surface area contributed by atoms with Crippen LogP contribution in [0.25, 0.3) is 0 Å². The van der Waals surface area contributed by atoms with Gasteiger partial charge in [-0.2, -0.15) is 0 Å². The van der Waals surface area contributed by atoms with Crippen LogP contribution in [0.3, 0.4) is 0 Å². The molecule has 0 radical (unpaired) electrons. The molecule has 0 bridgehead atoms. The topological polar surface area (TPSA) is 55.8 Å². The SMILES string of the molecule is CCOc1cc(C2C3=C(CC(C)(C)CC3=O)N(Cc3ccccc3)C3=C2C(=O)CC(C)(C)C3)cc(Cl)c1OC. The van der Waals surface area contributed by atoms with Gasteiger partial charge in [-0.3, -0.25) is 9.59 Å². The Kier molecular flexibility index (Phi) is 7.17. The molecule has 0 amide bonds. The second-order valence-electron chi connectivity index (χ2n) is 12.6. The minimum atomic E-state index is -0.489. The van der Waals surface area contributed by atoms with Crippen molar-refractivity contribution in [3.05, 3.63) is 81.2 Å². The van der Waals surface area contributed by atoms with Gasteiger partial charge in [-0.25, -0.2) is 0 Å². The number of benzene rings is 2. The lowest BCUT2D eigenvalue weighted by Gasteiger charge is -2.49. The summed E-state index contributed by atoms with van der Waals surface area (Å²) in [7, 11) is 1.56. The van der Waals surface area contributed by atoms with Gasteiger partial charge < -0.3 is 14.4 Å². The Bertz CT molecular complexity index is 1330. The summed E-state index contributed by atoms with van der Waals surface area (Å²) in [4.78, 5) is 30.4. The van der Waals surface area contributed by atoms with E-state index in [0.717, 1.165) is 46.5 Å². The molecule has 1 aliphatic heterocycles. The van der Waals surface area contributed by atoms with Gasteiger partial charge >= 0.3 is 0 Å². The Hall–Kier alpha value is -3.05. The van der Waals surface area contributed by atoms with Gasteiger partial charge in [-0.15, -0.1) is 0 Å². The number of allylic oxidation sites excluding steroid dienone is 4. The fourth-order valence-electron chi connectivity index (χ4n) is 6.55. The van der Waals surface area contributed by atoms with Crippen LogP contribution in [0, 0.1) is 10.8 Å². The Labute approximate surface area is 236 Å². The van der Waals surface area contributed by atoms with E-state index in [4.69, 9.17) is 21.1 Å². The molecular weight excluding hydrogens is 510 g/mol. The fraction of sp³-hybridized carbons (Fsp3) is 0.455. The van der Waals surface area contributed by atoms with Crippen molar-refractivity contribution >= 4 is 23.2 Å². The molecule has 5 nitrogen and oxygen atoms in total. The third-order valence-corrected chi connectivity index (χ3v) is 8.36. The van der Waals surface area contributed by atoms with E-state index in [-0.39, 0.29) is 22.4 Å². The number of halogens is 1. The van der Waals surface area contributed by atoms with E-state index in [9.17, 15) is 9.59 Å². The van der Waals surface area contributed by atoms with Gasteiger partial charge in [-0.1, -0.05) is 69.6 Å². The predicted molar refractivity (Wildman–Crippen MR) is 154 cm³/mol. The van der Waals surface area contributed by atoms with Crippen LogP contribution in [0.15, 0.2) is 65.0 Å². The molecule has 0 atom stereocenters. The van der Waals surface area contributed by atoms with E-state index in [1.165, 1.54) is 0 Å². The van der Waals surface area contributed by atoms with Crippen molar-refractivity contribution in [3.63, 3.8) is 0 Å². The van der Waals surface area contributed by atoms with Crippen molar-refractivity contribution in [2.75, 3.05) is 13.7 Å². The molecule has 6 heteroatoms. The van der Waals surface area contributed by atoms with Gasteiger partial charge in [0.2, 0.25) is 0 Å². The summed E-state index contributed by atoms with van der Waals surface area (Å²) in [6.07, 6.45) is 2.38. The first-order valence-corrected chi connectivity index (χ1v) is 14.2. The Morgan fingerprint density at radius 2 is 1.46 bits per heavy atom. The molecule has 5 rings (SSSR count). The second kappa shape index (κ2) is 10.2. The average Bonchev–Trinajstić information content (AvgIpc) is 2.84. The smallest absolute Gasteiger partial charge is 0.179 e. The summed E-state index contributed by atoms with van der Waals surface area (Å²) in [5, 5.41) is 0.404.